The van der Waals surface area contributed by atoms with E-state index in [0.717, 1.165) is 17.8 Å². The fourth-order valence-electron chi connectivity index (χ4n) is 5.50. The molecule has 0 heterocycles. The Morgan fingerprint density at radius 1 is 0.966 bits per heavy atom. The second-order valence-electron chi connectivity index (χ2n) is 7.57. The molecular weight excluding hydrogens is 348 g/mol. The summed E-state index contributed by atoms with van der Waals surface area (Å²) in [6.07, 6.45) is 14.5. The van der Waals surface area contributed by atoms with Gasteiger partial charge in [-0.05, 0) is 67.9 Å². The minimum Gasteiger partial charge on any atom is -0.115 e. The first kappa shape index (κ1) is 27.5. The monoisotopic (exact) mass is 396 g/mol. The standard InChI is InChI=1S/C21H24.4C2H6/c1-4-16-7-10-20-19-9-6-15-13-14(2)5-8-17(15)18(19)11-12-21(16,20)3;4*1-2/h1,5,7-8,13,18-20H,6,9-12H2,2-3H3;4*1-2H3. The van der Waals surface area contributed by atoms with E-state index in [4.69, 9.17) is 6.42 Å². The van der Waals surface area contributed by atoms with Crippen molar-refractivity contribution in [1.29, 1.82) is 0 Å². The molecule has 0 heteroatoms. The molecular formula is C29H48. The number of hydrogen-bond acceptors (Lipinski definition) is 0. The van der Waals surface area contributed by atoms with Gasteiger partial charge in [0.2, 0.25) is 0 Å². The summed E-state index contributed by atoms with van der Waals surface area (Å²) in [5.74, 6) is 5.37. The average Bonchev–Trinajstić information content (AvgIpc) is 3.15. The fraction of sp³-hybridized carbons (Fsp3) is 0.655. The maximum absolute atomic E-state index is 5.77. The average molecular weight is 397 g/mol. The van der Waals surface area contributed by atoms with E-state index in [1.807, 2.05) is 55.4 Å². The number of aryl methyl sites for hydroxylation is 2. The van der Waals surface area contributed by atoms with E-state index in [0.29, 0.717) is 0 Å². The topological polar surface area (TPSA) is 0 Å². The molecule has 1 aromatic carbocycles. The first-order chi connectivity index (χ1) is 14.1. The number of rotatable bonds is 0. The molecule has 164 valence electrons. The lowest BCUT2D eigenvalue weighted by atomic mass is 9.54. The van der Waals surface area contributed by atoms with Gasteiger partial charge in [0.15, 0.2) is 0 Å². The lowest BCUT2D eigenvalue weighted by Gasteiger charge is -2.49. The van der Waals surface area contributed by atoms with Crippen molar-refractivity contribution in [1.82, 2.24) is 0 Å². The maximum atomic E-state index is 5.77. The van der Waals surface area contributed by atoms with Gasteiger partial charge in [0.1, 0.15) is 0 Å². The van der Waals surface area contributed by atoms with Crippen LogP contribution in [0.5, 0.6) is 0 Å². The lowest BCUT2D eigenvalue weighted by molar-refractivity contribution is 0.0781. The molecule has 1 fully saturated rings. The van der Waals surface area contributed by atoms with Crippen molar-refractivity contribution in [2.45, 2.75) is 107 Å². The van der Waals surface area contributed by atoms with Gasteiger partial charge in [-0.3, -0.25) is 0 Å². The van der Waals surface area contributed by atoms with Gasteiger partial charge in [0.25, 0.3) is 0 Å². The highest BCUT2D eigenvalue weighted by Gasteiger charge is 2.51. The SMILES string of the molecule is C#CC1=CCC2C3CCc4cc(C)ccc4C3CCC12C.CC.CC.CC.CC. The third kappa shape index (κ3) is 5.57. The van der Waals surface area contributed by atoms with Gasteiger partial charge in [-0.25, -0.2) is 0 Å². The van der Waals surface area contributed by atoms with Gasteiger partial charge in [-0.1, -0.05) is 98.1 Å². The third-order valence-corrected chi connectivity index (χ3v) is 6.62. The minimum atomic E-state index is 0.290. The molecule has 0 radical (unpaired) electrons. The molecule has 4 unspecified atom stereocenters. The van der Waals surface area contributed by atoms with Crippen LogP contribution in [0.25, 0.3) is 0 Å². The van der Waals surface area contributed by atoms with Gasteiger partial charge in [-0.2, -0.15) is 0 Å². The van der Waals surface area contributed by atoms with Crippen LogP contribution >= 0.6 is 0 Å². The summed E-state index contributed by atoms with van der Waals surface area (Å²) < 4.78 is 0. The highest BCUT2D eigenvalue weighted by Crippen LogP contribution is 2.60. The summed E-state index contributed by atoms with van der Waals surface area (Å²) in [6.45, 7) is 20.6. The normalized spacial score (nSPS) is 27.6. The fourth-order valence-corrected chi connectivity index (χ4v) is 5.50. The number of allylic oxidation sites excluding steroid dienone is 2. The van der Waals surface area contributed by atoms with Gasteiger partial charge < -0.3 is 0 Å². The van der Waals surface area contributed by atoms with Crippen LogP contribution in [0.15, 0.2) is 29.8 Å². The van der Waals surface area contributed by atoms with Gasteiger partial charge in [-0.15, -0.1) is 6.42 Å². The first-order valence-corrected chi connectivity index (χ1v) is 12.4. The second kappa shape index (κ2) is 13.7. The van der Waals surface area contributed by atoms with E-state index < -0.39 is 0 Å². The summed E-state index contributed by atoms with van der Waals surface area (Å²) in [7, 11) is 0. The molecule has 4 atom stereocenters. The molecule has 0 amide bonds. The smallest absolute Gasteiger partial charge is 0.00400 e. The molecule has 0 spiro atoms. The molecule has 1 aromatic rings. The van der Waals surface area contributed by atoms with Crippen LogP contribution in [0, 0.1) is 36.5 Å². The van der Waals surface area contributed by atoms with Crippen LogP contribution in [0.3, 0.4) is 0 Å². The Morgan fingerprint density at radius 3 is 2.17 bits per heavy atom. The van der Waals surface area contributed by atoms with Crippen molar-refractivity contribution in [3.63, 3.8) is 0 Å². The van der Waals surface area contributed by atoms with E-state index in [-0.39, 0.29) is 5.41 Å². The van der Waals surface area contributed by atoms with Crippen molar-refractivity contribution in [3.05, 3.63) is 46.5 Å². The van der Waals surface area contributed by atoms with E-state index in [9.17, 15) is 0 Å². The van der Waals surface area contributed by atoms with Crippen LogP contribution in [-0.4, -0.2) is 0 Å². The molecule has 0 aliphatic heterocycles. The van der Waals surface area contributed by atoms with Crippen molar-refractivity contribution < 1.29 is 0 Å². The number of fused-ring (bicyclic) bond motifs is 5. The molecule has 0 bridgehead atoms. The molecule has 0 saturated heterocycles. The summed E-state index contributed by atoms with van der Waals surface area (Å²) in [5, 5.41) is 0. The molecule has 3 aliphatic rings. The summed E-state index contributed by atoms with van der Waals surface area (Å²) in [4.78, 5) is 0. The molecule has 1 saturated carbocycles. The third-order valence-electron chi connectivity index (χ3n) is 6.62. The highest BCUT2D eigenvalue weighted by atomic mass is 14.5. The van der Waals surface area contributed by atoms with E-state index in [1.54, 1.807) is 11.1 Å². The lowest BCUT2D eigenvalue weighted by Crippen LogP contribution is -2.41. The van der Waals surface area contributed by atoms with Crippen LogP contribution < -0.4 is 0 Å². The summed E-state index contributed by atoms with van der Waals surface area (Å²) in [5.41, 5.74) is 6.25. The first-order valence-electron chi connectivity index (χ1n) is 12.4. The Bertz CT molecular complexity index is 657. The Hall–Kier alpha value is -1.48. The van der Waals surface area contributed by atoms with Crippen LogP contribution in [0.1, 0.15) is 111 Å². The molecule has 0 nitrogen and oxygen atoms in total. The van der Waals surface area contributed by atoms with Crippen LogP contribution in [0.4, 0.5) is 0 Å². The zero-order valence-electron chi connectivity index (χ0n) is 21.2. The Labute approximate surface area is 183 Å². The Kier molecular flexibility index (Phi) is 13.0. The van der Waals surface area contributed by atoms with Gasteiger partial charge in [0, 0.05) is 11.0 Å². The summed E-state index contributed by atoms with van der Waals surface area (Å²) >= 11 is 0. The Morgan fingerprint density at radius 2 is 1.59 bits per heavy atom. The quantitative estimate of drug-likeness (QED) is 0.383. The second-order valence-corrected chi connectivity index (χ2v) is 7.57. The largest absolute Gasteiger partial charge is 0.115 e. The zero-order valence-corrected chi connectivity index (χ0v) is 21.2. The predicted molar refractivity (Wildman–Crippen MR) is 133 cm³/mol. The van der Waals surface area contributed by atoms with Gasteiger partial charge in [0.05, 0.1) is 0 Å². The molecule has 3 aliphatic carbocycles. The van der Waals surface area contributed by atoms with Crippen molar-refractivity contribution in [2.75, 3.05) is 0 Å². The number of terminal acetylenes is 1. The van der Waals surface area contributed by atoms with E-state index in [2.05, 4.69) is 44.0 Å². The molecule has 29 heavy (non-hydrogen) atoms. The van der Waals surface area contributed by atoms with Crippen LogP contribution in [-0.2, 0) is 6.42 Å². The number of benzene rings is 1. The van der Waals surface area contributed by atoms with Crippen molar-refractivity contribution in [2.24, 2.45) is 17.3 Å². The maximum Gasteiger partial charge on any atom is 0.00400 e. The van der Waals surface area contributed by atoms with Crippen molar-refractivity contribution >= 4 is 0 Å². The van der Waals surface area contributed by atoms with Crippen LogP contribution in [0.2, 0.25) is 0 Å². The highest BCUT2D eigenvalue weighted by molar-refractivity contribution is 5.42. The Balaban J connectivity index is 0.000000881. The predicted octanol–water partition coefficient (Wildman–Crippen LogP) is 9.13. The minimum absolute atomic E-state index is 0.290. The van der Waals surface area contributed by atoms with Crippen molar-refractivity contribution in [3.8, 4) is 12.3 Å². The van der Waals surface area contributed by atoms with Gasteiger partial charge >= 0.3 is 0 Å². The zero-order chi connectivity index (χ0) is 22.6. The number of hydrogen-bond donors (Lipinski definition) is 0. The molecule has 0 aromatic heterocycles. The molecule has 0 N–H and O–H groups in total. The van der Waals surface area contributed by atoms with E-state index >= 15 is 0 Å². The molecule has 4 rings (SSSR count). The van der Waals surface area contributed by atoms with E-state index in [1.165, 1.54) is 43.2 Å². The summed E-state index contributed by atoms with van der Waals surface area (Å²) in [6, 6.07) is 7.13.